The molecule has 0 unspecified atom stereocenters. The van der Waals surface area contributed by atoms with Crippen LogP contribution < -0.4 is 10.1 Å². The third-order valence-electron chi connectivity index (χ3n) is 2.80. The van der Waals surface area contributed by atoms with Crippen molar-refractivity contribution in [3.05, 3.63) is 62.3 Å². The van der Waals surface area contributed by atoms with Gasteiger partial charge in [-0.15, -0.1) is 0 Å². The maximum absolute atomic E-state index is 13.1. The predicted octanol–water partition coefficient (Wildman–Crippen LogP) is 4.65. The van der Waals surface area contributed by atoms with Gasteiger partial charge in [-0.25, -0.2) is 4.39 Å². The van der Waals surface area contributed by atoms with E-state index in [1.54, 1.807) is 6.07 Å². The summed E-state index contributed by atoms with van der Waals surface area (Å²) in [6.07, 6.45) is 0. The molecule has 0 aliphatic carbocycles. The standard InChI is InChI=1S/C15H14Br2FNO/c1-19-8-10-3-2-4-13(16)15(10)20-9-11-5-6-12(18)7-14(11)17/h2-7,19H,8-9H2,1H3. The minimum Gasteiger partial charge on any atom is -0.487 e. The molecule has 20 heavy (non-hydrogen) atoms. The van der Waals surface area contributed by atoms with Gasteiger partial charge in [-0.3, -0.25) is 0 Å². The van der Waals surface area contributed by atoms with Crippen molar-refractivity contribution in [3.63, 3.8) is 0 Å². The Bertz CT molecular complexity index is 604. The van der Waals surface area contributed by atoms with Gasteiger partial charge in [0, 0.05) is 22.1 Å². The molecule has 0 radical (unpaired) electrons. The van der Waals surface area contributed by atoms with E-state index < -0.39 is 0 Å². The van der Waals surface area contributed by atoms with Gasteiger partial charge in [-0.2, -0.15) is 0 Å². The van der Waals surface area contributed by atoms with Gasteiger partial charge in [0.05, 0.1) is 4.47 Å². The number of rotatable bonds is 5. The lowest BCUT2D eigenvalue weighted by atomic mass is 10.2. The molecule has 0 atom stereocenters. The SMILES string of the molecule is CNCc1cccc(Br)c1OCc1ccc(F)cc1Br. The monoisotopic (exact) mass is 401 g/mol. The van der Waals surface area contributed by atoms with Gasteiger partial charge < -0.3 is 10.1 Å². The summed E-state index contributed by atoms with van der Waals surface area (Å²) >= 11 is 6.84. The summed E-state index contributed by atoms with van der Waals surface area (Å²) in [6, 6.07) is 10.5. The van der Waals surface area contributed by atoms with Crippen LogP contribution in [0.2, 0.25) is 0 Å². The first-order valence-corrected chi connectivity index (χ1v) is 7.69. The Hall–Kier alpha value is -0.910. The second kappa shape index (κ2) is 7.20. The lowest BCUT2D eigenvalue weighted by Crippen LogP contribution is -2.08. The van der Waals surface area contributed by atoms with Crippen LogP contribution in [0.5, 0.6) is 5.75 Å². The van der Waals surface area contributed by atoms with Crippen LogP contribution in [-0.2, 0) is 13.2 Å². The molecule has 0 bridgehead atoms. The van der Waals surface area contributed by atoms with E-state index in [1.807, 2.05) is 25.2 Å². The van der Waals surface area contributed by atoms with Crippen LogP contribution in [0.1, 0.15) is 11.1 Å². The Kier molecular flexibility index (Phi) is 5.57. The zero-order valence-electron chi connectivity index (χ0n) is 10.9. The maximum atomic E-state index is 13.1. The van der Waals surface area contributed by atoms with Gasteiger partial charge in [-0.05, 0) is 41.2 Å². The minimum absolute atomic E-state index is 0.266. The summed E-state index contributed by atoms with van der Waals surface area (Å²) in [7, 11) is 1.89. The summed E-state index contributed by atoms with van der Waals surface area (Å²) in [5.41, 5.74) is 1.97. The molecule has 0 saturated carbocycles. The van der Waals surface area contributed by atoms with Crippen molar-refractivity contribution < 1.29 is 9.13 Å². The first kappa shape index (κ1) is 15.5. The van der Waals surface area contributed by atoms with Gasteiger partial charge in [0.25, 0.3) is 0 Å². The number of hydrogen-bond donors (Lipinski definition) is 1. The van der Waals surface area contributed by atoms with Crippen LogP contribution in [-0.4, -0.2) is 7.05 Å². The Morgan fingerprint density at radius 2 is 1.90 bits per heavy atom. The predicted molar refractivity (Wildman–Crippen MR) is 85.3 cm³/mol. The summed E-state index contributed by atoms with van der Waals surface area (Å²) < 4.78 is 20.6. The van der Waals surface area contributed by atoms with Crippen LogP contribution in [0.4, 0.5) is 4.39 Å². The molecule has 2 rings (SSSR count). The average molecular weight is 403 g/mol. The number of hydrogen-bond acceptors (Lipinski definition) is 2. The molecule has 0 aliphatic rings. The van der Waals surface area contributed by atoms with Crippen molar-refractivity contribution >= 4 is 31.9 Å². The zero-order valence-corrected chi connectivity index (χ0v) is 14.1. The van der Waals surface area contributed by atoms with Gasteiger partial charge in [-0.1, -0.05) is 34.1 Å². The highest BCUT2D eigenvalue weighted by atomic mass is 79.9. The van der Waals surface area contributed by atoms with Crippen LogP contribution in [0.3, 0.4) is 0 Å². The summed E-state index contributed by atoms with van der Waals surface area (Å²) in [5, 5.41) is 3.11. The van der Waals surface area contributed by atoms with E-state index in [0.717, 1.165) is 27.9 Å². The van der Waals surface area contributed by atoms with Gasteiger partial charge in [0.2, 0.25) is 0 Å². The van der Waals surface area contributed by atoms with E-state index >= 15 is 0 Å². The second-order valence-electron chi connectivity index (χ2n) is 4.28. The first-order valence-electron chi connectivity index (χ1n) is 6.10. The largest absolute Gasteiger partial charge is 0.487 e. The topological polar surface area (TPSA) is 21.3 Å². The van der Waals surface area contributed by atoms with Gasteiger partial charge in [0.1, 0.15) is 18.2 Å². The number of ether oxygens (including phenoxy) is 1. The third kappa shape index (κ3) is 3.81. The molecule has 106 valence electrons. The van der Waals surface area contributed by atoms with E-state index in [4.69, 9.17) is 4.74 Å². The fourth-order valence-corrected chi connectivity index (χ4v) is 2.82. The summed E-state index contributed by atoms with van der Waals surface area (Å²) in [6.45, 7) is 1.10. The Morgan fingerprint density at radius 1 is 1.10 bits per heavy atom. The maximum Gasteiger partial charge on any atom is 0.138 e. The highest BCUT2D eigenvalue weighted by Crippen LogP contribution is 2.30. The molecule has 0 aliphatic heterocycles. The first-order chi connectivity index (χ1) is 9.61. The van der Waals surface area contributed by atoms with Crippen molar-refractivity contribution in [2.24, 2.45) is 0 Å². The molecule has 2 aromatic carbocycles. The van der Waals surface area contributed by atoms with E-state index in [1.165, 1.54) is 12.1 Å². The van der Waals surface area contributed by atoms with Crippen molar-refractivity contribution in [1.82, 2.24) is 5.32 Å². The van der Waals surface area contributed by atoms with Crippen LogP contribution in [0.25, 0.3) is 0 Å². The molecular weight excluding hydrogens is 389 g/mol. The Labute approximate surface area is 134 Å². The smallest absolute Gasteiger partial charge is 0.138 e. The van der Waals surface area contributed by atoms with E-state index in [0.29, 0.717) is 11.1 Å². The minimum atomic E-state index is -0.266. The van der Waals surface area contributed by atoms with Crippen molar-refractivity contribution in [2.45, 2.75) is 13.2 Å². The summed E-state index contributed by atoms with van der Waals surface area (Å²) in [5.74, 6) is 0.537. The normalized spacial score (nSPS) is 10.6. The van der Waals surface area contributed by atoms with Gasteiger partial charge >= 0.3 is 0 Å². The average Bonchev–Trinajstić information content (AvgIpc) is 2.40. The van der Waals surface area contributed by atoms with Crippen molar-refractivity contribution in [2.75, 3.05) is 7.05 Å². The molecule has 2 aromatic rings. The van der Waals surface area contributed by atoms with Crippen LogP contribution in [0.15, 0.2) is 45.3 Å². The van der Waals surface area contributed by atoms with Crippen molar-refractivity contribution in [1.29, 1.82) is 0 Å². The van der Waals surface area contributed by atoms with E-state index in [-0.39, 0.29) is 5.82 Å². The molecule has 0 heterocycles. The van der Waals surface area contributed by atoms with Crippen LogP contribution in [0, 0.1) is 5.82 Å². The highest BCUT2D eigenvalue weighted by Gasteiger charge is 2.09. The molecule has 2 nitrogen and oxygen atoms in total. The lowest BCUT2D eigenvalue weighted by Gasteiger charge is -2.14. The quantitative estimate of drug-likeness (QED) is 0.785. The summed E-state index contributed by atoms with van der Waals surface area (Å²) in [4.78, 5) is 0. The number of para-hydroxylation sites is 1. The van der Waals surface area contributed by atoms with Gasteiger partial charge in [0.15, 0.2) is 0 Å². The molecule has 0 aromatic heterocycles. The fraction of sp³-hybridized carbons (Fsp3) is 0.200. The molecule has 0 spiro atoms. The second-order valence-corrected chi connectivity index (χ2v) is 5.99. The molecule has 0 amide bonds. The molecule has 1 N–H and O–H groups in total. The van der Waals surface area contributed by atoms with Crippen molar-refractivity contribution in [3.8, 4) is 5.75 Å². The zero-order chi connectivity index (χ0) is 14.5. The molecule has 0 saturated heterocycles. The fourth-order valence-electron chi connectivity index (χ4n) is 1.83. The van der Waals surface area contributed by atoms with E-state index in [2.05, 4.69) is 37.2 Å². The number of halogens is 3. The van der Waals surface area contributed by atoms with E-state index in [9.17, 15) is 4.39 Å². The Morgan fingerprint density at radius 3 is 2.60 bits per heavy atom. The highest BCUT2D eigenvalue weighted by molar-refractivity contribution is 9.10. The molecular formula is C15H14Br2FNO. The number of nitrogens with one attached hydrogen (secondary N) is 1. The lowest BCUT2D eigenvalue weighted by molar-refractivity contribution is 0.299. The molecule has 0 fully saturated rings. The van der Waals surface area contributed by atoms with Crippen LogP contribution >= 0.6 is 31.9 Å². The Balaban J connectivity index is 2.18. The third-order valence-corrected chi connectivity index (χ3v) is 4.17. The molecule has 5 heteroatoms. The number of benzene rings is 2.